The zero-order valence-corrected chi connectivity index (χ0v) is 8.39. The van der Waals surface area contributed by atoms with Crippen LogP contribution in [0.15, 0.2) is 10.5 Å². The zero-order chi connectivity index (χ0) is 10.0. The maximum atomic E-state index is 13.2. The van der Waals surface area contributed by atoms with Gasteiger partial charge in [0.15, 0.2) is 12.1 Å². The van der Waals surface area contributed by atoms with E-state index < -0.39 is 5.82 Å². The average Bonchev–Trinajstić information content (AvgIpc) is 2.15. The van der Waals surface area contributed by atoms with Gasteiger partial charge in [-0.15, -0.1) is 0 Å². The third-order valence-corrected chi connectivity index (χ3v) is 2.33. The van der Waals surface area contributed by atoms with Gasteiger partial charge in [-0.3, -0.25) is 4.79 Å². The van der Waals surface area contributed by atoms with Crippen LogP contribution in [-0.2, 0) is 0 Å². The number of aldehydes is 1. The van der Waals surface area contributed by atoms with Crippen LogP contribution in [0, 0.1) is 5.82 Å². The fraction of sp³-hybridized carbons (Fsp3) is 0.125. The number of nitrogens with two attached hydrogens (primary N) is 1. The summed E-state index contributed by atoms with van der Waals surface area (Å²) in [6.45, 7) is 0. The molecule has 2 N–H and O–H groups in total. The highest BCUT2D eigenvalue weighted by Gasteiger charge is 2.14. The number of nitrogen functional groups attached to an aromatic ring is 1. The van der Waals surface area contributed by atoms with Crippen LogP contribution < -0.4 is 10.5 Å². The van der Waals surface area contributed by atoms with E-state index in [9.17, 15) is 9.18 Å². The lowest BCUT2D eigenvalue weighted by Crippen LogP contribution is -2.00. The van der Waals surface area contributed by atoms with E-state index in [0.717, 1.165) is 0 Å². The molecule has 1 aromatic carbocycles. The molecule has 0 bridgehead atoms. The van der Waals surface area contributed by atoms with E-state index in [1.807, 2.05) is 0 Å². The molecule has 0 aliphatic carbocycles. The fourth-order valence-corrected chi connectivity index (χ4v) is 1.37. The van der Waals surface area contributed by atoms with Crippen molar-refractivity contribution < 1.29 is 13.9 Å². The van der Waals surface area contributed by atoms with Crippen molar-refractivity contribution in [3.8, 4) is 5.75 Å². The minimum atomic E-state index is -0.679. The van der Waals surface area contributed by atoms with E-state index in [1.54, 1.807) is 0 Å². The van der Waals surface area contributed by atoms with Crippen LogP contribution in [0.1, 0.15) is 10.4 Å². The predicted octanol–water partition coefficient (Wildman–Crippen LogP) is 1.99. The second kappa shape index (κ2) is 3.74. The molecule has 5 heteroatoms. The van der Waals surface area contributed by atoms with Crippen LogP contribution in [0.5, 0.6) is 5.75 Å². The Labute approximate surface area is 82.8 Å². The summed E-state index contributed by atoms with van der Waals surface area (Å²) in [5.41, 5.74) is 5.23. The smallest absolute Gasteiger partial charge is 0.164 e. The third-order valence-electron chi connectivity index (χ3n) is 1.59. The molecule has 0 radical (unpaired) electrons. The Bertz CT molecular complexity index is 354. The van der Waals surface area contributed by atoms with E-state index in [4.69, 9.17) is 10.5 Å². The molecule has 13 heavy (non-hydrogen) atoms. The Morgan fingerprint density at radius 1 is 1.69 bits per heavy atom. The van der Waals surface area contributed by atoms with Gasteiger partial charge in [0.2, 0.25) is 0 Å². The van der Waals surface area contributed by atoms with Gasteiger partial charge in [-0.2, -0.15) is 0 Å². The molecule has 0 aliphatic rings. The number of carbonyl (C=O) groups excluding carboxylic acids is 1. The lowest BCUT2D eigenvalue weighted by molar-refractivity contribution is 0.112. The summed E-state index contributed by atoms with van der Waals surface area (Å²) >= 11 is 2.96. The Hall–Kier alpha value is -1.10. The van der Waals surface area contributed by atoms with Crippen molar-refractivity contribution in [1.29, 1.82) is 0 Å². The number of methoxy groups -OCH3 is 1. The summed E-state index contributed by atoms with van der Waals surface area (Å²) < 4.78 is 18.2. The van der Waals surface area contributed by atoms with Crippen molar-refractivity contribution >= 4 is 27.9 Å². The molecule has 3 nitrogen and oxygen atoms in total. The molecule has 1 rings (SSSR count). The fourth-order valence-electron chi connectivity index (χ4n) is 0.882. The van der Waals surface area contributed by atoms with Gasteiger partial charge >= 0.3 is 0 Å². The number of hydrogen-bond acceptors (Lipinski definition) is 3. The van der Waals surface area contributed by atoms with Crippen molar-refractivity contribution in [1.82, 2.24) is 0 Å². The number of ether oxygens (including phenoxy) is 1. The van der Waals surface area contributed by atoms with Gasteiger partial charge in [-0.05, 0) is 22.0 Å². The Balaban J connectivity index is 3.45. The second-order valence-corrected chi connectivity index (χ2v) is 3.12. The molecule has 0 atom stereocenters. The van der Waals surface area contributed by atoms with E-state index >= 15 is 0 Å². The first-order valence-corrected chi connectivity index (χ1v) is 4.17. The molecule has 0 saturated heterocycles. The molecule has 0 amide bonds. The summed E-state index contributed by atoms with van der Waals surface area (Å²) in [6.07, 6.45) is 0.480. The van der Waals surface area contributed by atoms with Crippen LogP contribution in [0.25, 0.3) is 0 Å². The van der Waals surface area contributed by atoms with Crippen molar-refractivity contribution in [2.24, 2.45) is 0 Å². The molecule has 0 aromatic heterocycles. The molecular formula is C8H7BrFNO2. The molecule has 0 aliphatic heterocycles. The number of benzene rings is 1. The first kappa shape index (κ1) is 9.98. The van der Waals surface area contributed by atoms with Crippen molar-refractivity contribution in [2.45, 2.75) is 0 Å². The topological polar surface area (TPSA) is 52.3 Å². The maximum absolute atomic E-state index is 13.2. The zero-order valence-electron chi connectivity index (χ0n) is 6.80. The van der Waals surface area contributed by atoms with Crippen LogP contribution in [0.4, 0.5) is 10.1 Å². The van der Waals surface area contributed by atoms with Crippen molar-refractivity contribution in [3.05, 3.63) is 21.9 Å². The minimum absolute atomic E-state index is 0.0811. The lowest BCUT2D eigenvalue weighted by atomic mass is 10.2. The predicted molar refractivity (Wildman–Crippen MR) is 50.5 cm³/mol. The van der Waals surface area contributed by atoms with Gasteiger partial charge in [0.1, 0.15) is 5.75 Å². The quantitative estimate of drug-likeness (QED) is 0.643. The van der Waals surface area contributed by atoms with Crippen LogP contribution in [-0.4, -0.2) is 13.4 Å². The summed E-state index contributed by atoms with van der Waals surface area (Å²) in [5.74, 6) is -0.435. The average molecular weight is 248 g/mol. The summed E-state index contributed by atoms with van der Waals surface area (Å²) in [4.78, 5) is 10.4. The summed E-state index contributed by atoms with van der Waals surface area (Å²) in [5, 5.41) is 0. The Kier molecular flexibility index (Phi) is 2.87. The summed E-state index contributed by atoms with van der Waals surface area (Å²) in [7, 11) is 1.38. The molecule has 0 spiro atoms. The normalized spacial score (nSPS) is 9.77. The highest BCUT2D eigenvalue weighted by Crippen LogP contribution is 2.33. The number of carbonyl (C=O) groups is 1. The largest absolute Gasteiger partial charge is 0.495 e. The highest BCUT2D eigenvalue weighted by molar-refractivity contribution is 9.10. The number of hydrogen-bond donors (Lipinski definition) is 1. The van der Waals surface area contributed by atoms with E-state index in [1.165, 1.54) is 13.2 Å². The second-order valence-electron chi connectivity index (χ2n) is 2.33. The molecule has 0 unspecified atom stereocenters. The summed E-state index contributed by atoms with van der Waals surface area (Å²) in [6, 6.07) is 1.37. The lowest BCUT2D eigenvalue weighted by Gasteiger charge is -2.07. The monoisotopic (exact) mass is 247 g/mol. The van der Waals surface area contributed by atoms with Crippen LogP contribution in [0.2, 0.25) is 0 Å². The molecular weight excluding hydrogens is 241 g/mol. The Morgan fingerprint density at radius 3 is 2.77 bits per heavy atom. The van der Waals surface area contributed by atoms with Crippen molar-refractivity contribution in [3.63, 3.8) is 0 Å². The first-order chi connectivity index (χ1) is 6.11. The number of halogens is 2. The third kappa shape index (κ3) is 1.65. The molecule has 0 fully saturated rings. The molecule has 1 aromatic rings. The van der Waals surface area contributed by atoms with E-state index in [-0.39, 0.29) is 21.5 Å². The van der Waals surface area contributed by atoms with Gasteiger partial charge in [0.05, 0.1) is 17.3 Å². The first-order valence-electron chi connectivity index (χ1n) is 3.38. The van der Waals surface area contributed by atoms with E-state index in [2.05, 4.69) is 15.9 Å². The van der Waals surface area contributed by atoms with Crippen LogP contribution in [0.3, 0.4) is 0 Å². The van der Waals surface area contributed by atoms with Gasteiger partial charge in [0.25, 0.3) is 0 Å². The standard InChI is InChI=1S/C8H7BrFNO2/c1-13-5-2-4(3-12)8(11)7(10)6(5)9/h2-3H,11H2,1H3. The highest BCUT2D eigenvalue weighted by atomic mass is 79.9. The maximum Gasteiger partial charge on any atom is 0.164 e. The van der Waals surface area contributed by atoms with Gasteiger partial charge in [0, 0.05) is 5.56 Å². The Morgan fingerprint density at radius 2 is 2.31 bits per heavy atom. The number of anilines is 1. The molecule has 0 saturated carbocycles. The van der Waals surface area contributed by atoms with Gasteiger partial charge in [-0.25, -0.2) is 4.39 Å². The number of rotatable bonds is 2. The van der Waals surface area contributed by atoms with Gasteiger partial charge < -0.3 is 10.5 Å². The SMILES string of the molecule is COc1cc(C=O)c(N)c(F)c1Br. The molecule has 0 heterocycles. The van der Waals surface area contributed by atoms with Crippen LogP contribution >= 0.6 is 15.9 Å². The molecule has 70 valence electrons. The minimum Gasteiger partial charge on any atom is -0.495 e. The van der Waals surface area contributed by atoms with E-state index in [0.29, 0.717) is 6.29 Å². The van der Waals surface area contributed by atoms with Gasteiger partial charge in [-0.1, -0.05) is 0 Å². The van der Waals surface area contributed by atoms with Crippen molar-refractivity contribution in [2.75, 3.05) is 12.8 Å².